The molecule has 110 valence electrons. The summed E-state index contributed by atoms with van der Waals surface area (Å²) in [6, 6.07) is 0. The van der Waals surface area contributed by atoms with Crippen molar-refractivity contribution in [2.45, 2.75) is 52.1 Å². The van der Waals surface area contributed by atoms with Crippen LogP contribution in [0.15, 0.2) is 0 Å². The van der Waals surface area contributed by atoms with Crippen LogP contribution in [-0.2, 0) is 24.3 Å². The first-order valence-electron chi connectivity index (χ1n) is 7.70. The van der Waals surface area contributed by atoms with E-state index >= 15 is 0 Å². The monoisotopic (exact) mass is 276 g/mol. The lowest BCUT2D eigenvalue weighted by atomic mass is 10.2. The van der Waals surface area contributed by atoms with Gasteiger partial charge in [0.1, 0.15) is 12.4 Å². The van der Waals surface area contributed by atoms with Gasteiger partial charge in [-0.25, -0.2) is 4.98 Å². The van der Waals surface area contributed by atoms with Crippen molar-refractivity contribution in [2.75, 3.05) is 13.1 Å². The number of aromatic nitrogens is 2. The first kappa shape index (κ1) is 13.6. The molecule has 2 N–H and O–H groups in total. The van der Waals surface area contributed by atoms with Gasteiger partial charge in [-0.15, -0.1) is 0 Å². The maximum absolute atomic E-state index is 12.1. The number of nitrogens with one attached hydrogen (secondary N) is 2. The first-order valence-corrected chi connectivity index (χ1v) is 7.70. The van der Waals surface area contributed by atoms with E-state index < -0.39 is 0 Å². The van der Waals surface area contributed by atoms with Crippen LogP contribution >= 0.6 is 0 Å². The van der Waals surface area contributed by atoms with E-state index in [9.17, 15) is 4.79 Å². The average molecular weight is 276 g/mol. The van der Waals surface area contributed by atoms with Crippen molar-refractivity contribution < 1.29 is 4.79 Å². The van der Waals surface area contributed by atoms with Gasteiger partial charge in [0.2, 0.25) is 5.91 Å². The second-order valence-corrected chi connectivity index (χ2v) is 6.35. The van der Waals surface area contributed by atoms with Crippen molar-refractivity contribution in [3.63, 3.8) is 0 Å². The Morgan fingerprint density at radius 1 is 1.50 bits per heavy atom. The molecule has 1 saturated carbocycles. The van der Waals surface area contributed by atoms with Gasteiger partial charge in [0.15, 0.2) is 0 Å². The summed E-state index contributed by atoms with van der Waals surface area (Å²) < 4.78 is 2.18. The minimum absolute atomic E-state index is 0.110. The van der Waals surface area contributed by atoms with Gasteiger partial charge in [-0.1, -0.05) is 13.8 Å². The van der Waals surface area contributed by atoms with Crippen molar-refractivity contribution in [1.29, 1.82) is 0 Å². The zero-order valence-corrected chi connectivity index (χ0v) is 12.4. The van der Waals surface area contributed by atoms with E-state index in [4.69, 9.17) is 4.98 Å². The number of hydrogen-bond donors (Lipinski definition) is 2. The third-order valence-corrected chi connectivity index (χ3v) is 3.97. The molecule has 0 saturated heterocycles. The van der Waals surface area contributed by atoms with Gasteiger partial charge in [0.25, 0.3) is 0 Å². The van der Waals surface area contributed by atoms with Crippen molar-refractivity contribution in [3.05, 3.63) is 17.2 Å². The Bertz CT molecular complexity index is 502. The zero-order chi connectivity index (χ0) is 14.1. The molecule has 3 rings (SSSR count). The standard InChI is InChI=1S/C15H24N4O/c1-10(2)7-17-14(20)9-19-13-5-6-16-8-12(13)18-15(19)11-3-4-11/h10-11,16H,3-9H2,1-2H3,(H,17,20). The minimum Gasteiger partial charge on any atom is -0.354 e. The summed E-state index contributed by atoms with van der Waals surface area (Å²) in [5.41, 5.74) is 2.42. The number of imidazole rings is 1. The van der Waals surface area contributed by atoms with E-state index in [0.29, 0.717) is 18.4 Å². The van der Waals surface area contributed by atoms with Crippen LogP contribution < -0.4 is 10.6 Å². The summed E-state index contributed by atoms with van der Waals surface area (Å²) in [4.78, 5) is 16.9. The zero-order valence-electron chi connectivity index (χ0n) is 12.4. The normalized spacial score (nSPS) is 18.1. The summed E-state index contributed by atoms with van der Waals surface area (Å²) in [5, 5.41) is 6.37. The van der Waals surface area contributed by atoms with Crippen molar-refractivity contribution in [1.82, 2.24) is 20.2 Å². The molecule has 0 radical (unpaired) electrons. The number of hydrogen-bond acceptors (Lipinski definition) is 3. The van der Waals surface area contributed by atoms with E-state index in [2.05, 4.69) is 29.0 Å². The summed E-state index contributed by atoms with van der Waals surface area (Å²) in [5.74, 6) is 2.32. The van der Waals surface area contributed by atoms with Crippen LogP contribution in [0, 0.1) is 5.92 Å². The Balaban J connectivity index is 1.77. The van der Waals surface area contributed by atoms with Gasteiger partial charge in [-0.2, -0.15) is 0 Å². The van der Waals surface area contributed by atoms with Gasteiger partial charge in [0, 0.05) is 37.7 Å². The number of amides is 1. The van der Waals surface area contributed by atoms with Gasteiger partial charge >= 0.3 is 0 Å². The fourth-order valence-electron chi connectivity index (χ4n) is 2.74. The van der Waals surface area contributed by atoms with E-state index in [0.717, 1.165) is 37.6 Å². The Labute approximate surface area is 120 Å². The maximum Gasteiger partial charge on any atom is 0.240 e. The quantitative estimate of drug-likeness (QED) is 0.849. The summed E-state index contributed by atoms with van der Waals surface area (Å²) in [7, 11) is 0. The molecule has 2 heterocycles. The predicted molar refractivity (Wildman–Crippen MR) is 77.5 cm³/mol. The van der Waals surface area contributed by atoms with Crippen molar-refractivity contribution >= 4 is 5.91 Å². The third-order valence-electron chi connectivity index (χ3n) is 3.97. The Morgan fingerprint density at radius 3 is 3.00 bits per heavy atom. The molecular formula is C15H24N4O. The van der Waals surface area contributed by atoms with Crippen LogP contribution in [-0.4, -0.2) is 28.5 Å². The van der Waals surface area contributed by atoms with E-state index in [1.807, 2.05) is 0 Å². The second kappa shape index (κ2) is 5.56. The molecule has 2 aliphatic rings. The first-order chi connectivity index (χ1) is 9.65. The lowest BCUT2D eigenvalue weighted by molar-refractivity contribution is -0.121. The van der Waals surface area contributed by atoms with Gasteiger partial charge in [-0.3, -0.25) is 4.79 Å². The Hall–Kier alpha value is -1.36. The number of carbonyl (C=O) groups excluding carboxylic acids is 1. The highest BCUT2D eigenvalue weighted by Gasteiger charge is 2.32. The molecule has 0 aromatic carbocycles. The molecule has 5 nitrogen and oxygen atoms in total. The van der Waals surface area contributed by atoms with Gasteiger partial charge < -0.3 is 15.2 Å². The fraction of sp³-hybridized carbons (Fsp3) is 0.733. The average Bonchev–Trinajstić information content (AvgIpc) is 3.21. The molecule has 0 unspecified atom stereocenters. The highest BCUT2D eigenvalue weighted by atomic mass is 16.1. The van der Waals surface area contributed by atoms with E-state index in [1.54, 1.807) is 0 Å². The second-order valence-electron chi connectivity index (χ2n) is 6.35. The molecule has 1 aliphatic carbocycles. The topological polar surface area (TPSA) is 59.0 Å². The molecule has 0 spiro atoms. The summed E-state index contributed by atoms with van der Waals surface area (Å²) in [6.07, 6.45) is 3.42. The molecule has 5 heteroatoms. The molecule has 0 atom stereocenters. The number of rotatable bonds is 5. The highest BCUT2D eigenvalue weighted by molar-refractivity contribution is 5.76. The number of nitrogens with zero attached hydrogens (tertiary/aromatic N) is 2. The Kier molecular flexibility index (Phi) is 3.78. The fourth-order valence-corrected chi connectivity index (χ4v) is 2.74. The van der Waals surface area contributed by atoms with Crippen LogP contribution in [0.5, 0.6) is 0 Å². The van der Waals surface area contributed by atoms with Crippen LogP contribution in [0.4, 0.5) is 0 Å². The van der Waals surface area contributed by atoms with Crippen LogP contribution in [0.25, 0.3) is 0 Å². The molecule has 1 fully saturated rings. The van der Waals surface area contributed by atoms with E-state index in [1.165, 1.54) is 18.5 Å². The van der Waals surface area contributed by atoms with Gasteiger partial charge in [0.05, 0.1) is 5.69 Å². The van der Waals surface area contributed by atoms with Crippen LogP contribution in [0.1, 0.15) is 49.8 Å². The largest absolute Gasteiger partial charge is 0.354 e. The minimum atomic E-state index is 0.110. The van der Waals surface area contributed by atoms with Crippen LogP contribution in [0.3, 0.4) is 0 Å². The van der Waals surface area contributed by atoms with Crippen molar-refractivity contribution in [3.8, 4) is 0 Å². The molecule has 0 bridgehead atoms. The molecule has 1 amide bonds. The molecule has 1 aromatic rings. The highest BCUT2D eigenvalue weighted by Crippen LogP contribution is 2.40. The lowest BCUT2D eigenvalue weighted by Gasteiger charge is -2.16. The predicted octanol–water partition coefficient (Wildman–Crippen LogP) is 1.18. The number of fused-ring (bicyclic) bond motifs is 1. The Morgan fingerprint density at radius 2 is 2.30 bits per heavy atom. The summed E-state index contributed by atoms with van der Waals surface area (Å²) in [6.45, 7) is 7.23. The smallest absolute Gasteiger partial charge is 0.240 e. The van der Waals surface area contributed by atoms with Crippen LogP contribution in [0.2, 0.25) is 0 Å². The number of carbonyl (C=O) groups is 1. The lowest BCUT2D eigenvalue weighted by Crippen LogP contribution is -2.32. The molecule has 1 aliphatic heterocycles. The van der Waals surface area contributed by atoms with Gasteiger partial charge in [-0.05, 0) is 18.8 Å². The molecular weight excluding hydrogens is 252 g/mol. The summed E-state index contributed by atoms with van der Waals surface area (Å²) >= 11 is 0. The maximum atomic E-state index is 12.1. The molecule has 20 heavy (non-hydrogen) atoms. The SMILES string of the molecule is CC(C)CNC(=O)Cn1c(C2CC2)nc2c1CCNC2. The molecule has 1 aromatic heterocycles. The van der Waals surface area contributed by atoms with E-state index in [-0.39, 0.29) is 5.91 Å². The van der Waals surface area contributed by atoms with Crippen molar-refractivity contribution in [2.24, 2.45) is 5.92 Å². The third kappa shape index (κ3) is 2.87.